The van der Waals surface area contributed by atoms with Crippen LogP contribution in [0.25, 0.3) is 0 Å². The molecule has 6 heteroatoms. The molecule has 0 heterocycles. The number of benzene rings is 2. The van der Waals surface area contributed by atoms with Crippen LogP contribution in [-0.4, -0.2) is 11.0 Å². The highest BCUT2D eigenvalue weighted by Crippen LogP contribution is 2.29. The maximum absolute atomic E-state index is 12.1. The van der Waals surface area contributed by atoms with E-state index in [4.69, 9.17) is 34.0 Å². The van der Waals surface area contributed by atoms with E-state index in [1.165, 1.54) is 12.1 Å². The van der Waals surface area contributed by atoms with E-state index in [1.54, 1.807) is 24.3 Å². The first-order valence-electron chi connectivity index (χ1n) is 5.77. The zero-order valence-corrected chi connectivity index (χ0v) is 11.9. The molecule has 0 bridgehead atoms. The first-order valence-corrected chi connectivity index (χ1v) is 6.52. The molecule has 0 fully saturated rings. The monoisotopic (exact) mass is 310 g/mol. The quantitative estimate of drug-likeness (QED) is 0.761. The second-order valence-electron chi connectivity index (χ2n) is 4.17. The molecule has 0 unspecified atom stereocenters. The second kappa shape index (κ2) is 6.13. The van der Waals surface area contributed by atoms with E-state index < -0.39 is 0 Å². The first-order chi connectivity index (χ1) is 9.51. The Morgan fingerprint density at radius 1 is 1.20 bits per heavy atom. The zero-order valence-electron chi connectivity index (χ0n) is 10.4. The van der Waals surface area contributed by atoms with Crippen LogP contribution in [0.2, 0.25) is 10.0 Å². The van der Waals surface area contributed by atoms with Gasteiger partial charge in [-0.1, -0.05) is 35.3 Å². The standard InChI is InChI=1S/C14H12Cl2N2O2/c15-11-5-9(6-12(17)13(11)16)14(20)18-10-3-1-8(7-19)2-4-10/h1-6,19H,7,17H2,(H,18,20). The number of nitrogens with one attached hydrogen (secondary N) is 1. The van der Waals surface area contributed by atoms with Crippen LogP contribution in [0.3, 0.4) is 0 Å². The number of amides is 1. The maximum atomic E-state index is 12.1. The SMILES string of the molecule is Nc1cc(C(=O)Nc2ccc(CO)cc2)cc(Cl)c1Cl. The van der Waals surface area contributed by atoms with Crippen molar-refractivity contribution in [1.29, 1.82) is 0 Å². The summed E-state index contributed by atoms with van der Waals surface area (Å²) in [7, 11) is 0. The summed E-state index contributed by atoms with van der Waals surface area (Å²) in [5, 5.41) is 12.1. The second-order valence-corrected chi connectivity index (χ2v) is 4.96. The molecule has 4 nitrogen and oxygen atoms in total. The van der Waals surface area contributed by atoms with Gasteiger partial charge in [0.1, 0.15) is 0 Å². The van der Waals surface area contributed by atoms with E-state index in [0.29, 0.717) is 11.3 Å². The third-order valence-electron chi connectivity index (χ3n) is 2.71. The van der Waals surface area contributed by atoms with Crippen molar-refractivity contribution in [3.05, 3.63) is 57.6 Å². The largest absolute Gasteiger partial charge is 0.397 e. The molecule has 2 aromatic carbocycles. The van der Waals surface area contributed by atoms with Gasteiger partial charge in [0, 0.05) is 11.3 Å². The molecule has 2 aromatic rings. The van der Waals surface area contributed by atoms with Crippen molar-refractivity contribution in [2.75, 3.05) is 11.1 Å². The molecule has 20 heavy (non-hydrogen) atoms. The Balaban J connectivity index is 2.19. The Morgan fingerprint density at radius 2 is 1.85 bits per heavy atom. The van der Waals surface area contributed by atoms with E-state index >= 15 is 0 Å². The highest BCUT2D eigenvalue weighted by molar-refractivity contribution is 6.44. The molecule has 1 amide bonds. The molecule has 4 N–H and O–H groups in total. The van der Waals surface area contributed by atoms with Crippen LogP contribution in [0.4, 0.5) is 11.4 Å². The average Bonchev–Trinajstić information content (AvgIpc) is 2.45. The predicted octanol–water partition coefficient (Wildman–Crippen LogP) is 3.32. The lowest BCUT2D eigenvalue weighted by Gasteiger charge is -2.08. The molecule has 0 spiro atoms. The summed E-state index contributed by atoms with van der Waals surface area (Å²) < 4.78 is 0. The highest BCUT2D eigenvalue weighted by atomic mass is 35.5. The van der Waals surface area contributed by atoms with Gasteiger partial charge in [-0.3, -0.25) is 4.79 Å². The summed E-state index contributed by atoms with van der Waals surface area (Å²) >= 11 is 11.7. The molecule has 2 rings (SSSR count). The molecule has 0 aliphatic rings. The number of hydrogen-bond donors (Lipinski definition) is 3. The number of halogens is 2. The zero-order chi connectivity index (χ0) is 14.7. The van der Waals surface area contributed by atoms with Gasteiger partial charge in [-0.2, -0.15) is 0 Å². The average molecular weight is 311 g/mol. The normalized spacial score (nSPS) is 10.3. The van der Waals surface area contributed by atoms with Crippen LogP contribution >= 0.6 is 23.2 Å². The summed E-state index contributed by atoms with van der Waals surface area (Å²) in [4.78, 5) is 12.1. The lowest BCUT2D eigenvalue weighted by Crippen LogP contribution is -2.12. The summed E-state index contributed by atoms with van der Waals surface area (Å²) in [6, 6.07) is 9.76. The van der Waals surface area contributed by atoms with Crippen molar-refractivity contribution in [2.45, 2.75) is 6.61 Å². The summed E-state index contributed by atoms with van der Waals surface area (Å²) in [5.74, 6) is -0.341. The number of nitrogen functional groups attached to an aromatic ring is 1. The number of carbonyl (C=O) groups excluding carboxylic acids is 1. The van der Waals surface area contributed by atoms with E-state index in [9.17, 15) is 4.79 Å². The van der Waals surface area contributed by atoms with Gasteiger partial charge in [0.25, 0.3) is 5.91 Å². The summed E-state index contributed by atoms with van der Waals surface area (Å²) in [6.07, 6.45) is 0. The van der Waals surface area contributed by atoms with Gasteiger partial charge in [0.05, 0.1) is 22.3 Å². The third kappa shape index (κ3) is 3.22. The molecule has 0 radical (unpaired) electrons. The Bertz CT molecular complexity index is 619. The van der Waals surface area contributed by atoms with Gasteiger partial charge in [-0.25, -0.2) is 0 Å². The third-order valence-corrected chi connectivity index (χ3v) is 3.53. The number of hydrogen-bond acceptors (Lipinski definition) is 3. The molecule has 0 atom stereocenters. The van der Waals surface area contributed by atoms with Crippen LogP contribution in [0, 0.1) is 0 Å². The number of anilines is 2. The van der Waals surface area contributed by atoms with Crippen molar-refractivity contribution in [1.82, 2.24) is 0 Å². The summed E-state index contributed by atoms with van der Waals surface area (Å²) in [5.41, 5.74) is 7.61. The Labute approximate surface area is 126 Å². The van der Waals surface area contributed by atoms with Gasteiger partial charge in [0.2, 0.25) is 0 Å². The van der Waals surface area contributed by atoms with E-state index in [0.717, 1.165) is 5.56 Å². The van der Waals surface area contributed by atoms with Gasteiger partial charge in [-0.15, -0.1) is 0 Å². The number of aliphatic hydroxyl groups excluding tert-OH is 1. The number of aliphatic hydroxyl groups is 1. The lowest BCUT2D eigenvalue weighted by molar-refractivity contribution is 0.102. The minimum atomic E-state index is -0.341. The summed E-state index contributed by atoms with van der Waals surface area (Å²) in [6.45, 7) is -0.0441. The van der Waals surface area contributed by atoms with Gasteiger partial charge in [0.15, 0.2) is 0 Å². The molecule has 104 valence electrons. The minimum Gasteiger partial charge on any atom is -0.397 e. The van der Waals surface area contributed by atoms with Crippen LogP contribution in [0.5, 0.6) is 0 Å². The Kier molecular flexibility index (Phi) is 4.49. The highest BCUT2D eigenvalue weighted by Gasteiger charge is 2.11. The lowest BCUT2D eigenvalue weighted by atomic mass is 10.1. The van der Waals surface area contributed by atoms with Crippen LogP contribution in [-0.2, 0) is 6.61 Å². The van der Waals surface area contributed by atoms with E-state index in [1.807, 2.05) is 0 Å². The molecule has 0 aliphatic carbocycles. The molecule has 0 saturated heterocycles. The van der Waals surface area contributed by atoms with Crippen LogP contribution < -0.4 is 11.1 Å². The fourth-order valence-electron chi connectivity index (χ4n) is 1.64. The van der Waals surface area contributed by atoms with Gasteiger partial charge < -0.3 is 16.2 Å². The number of rotatable bonds is 3. The van der Waals surface area contributed by atoms with Crippen LogP contribution in [0.1, 0.15) is 15.9 Å². The minimum absolute atomic E-state index is 0.0441. The fraction of sp³-hybridized carbons (Fsp3) is 0.0714. The smallest absolute Gasteiger partial charge is 0.255 e. The van der Waals surface area contributed by atoms with Crippen molar-refractivity contribution >= 4 is 40.5 Å². The van der Waals surface area contributed by atoms with E-state index in [2.05, 4.69) is 5.32 Å². The van der Waals surface area contributed by atoms with Gasteiger partial charge in [-0.05, 0) is 29.8 Å². The first kappa shape index (κ1) is 14.7. The molecule has 0 aromatic heterocycles. The Hall–Kier alpha value is -1.75. The number of nitrogens with two attached hydrogens (primary N) is 1. The Morgan fingerprint density at radius 3 is 2.40 bits per heavy atom. The van der Waals surface area contributed by atoms with Crippen molar-refractivity contribution < 1.29 is 9.90 Å². The van der Waals surface area contributed by atoms with Crippen molar-refractivity contribution in [3.63, 3.8) is 0 Å². The van der Waals surface area contributed by atoms with Crippen molar-refractivity contribution in [2.24, 2.45) is 0 Å². The van der Waals surface area contributed by atoms with Crippen LogP contribution in [0.15, 0.2) is 36.4 Å². The molecular formula is C14H12Cl2N2O2. The number of carbonyl (C=O) groups is 1. The predicted molar refractivity (Wildman–Crippen MR) is 81.2 cm³/mol. The topological polar surface area (TPSA) is 75.4 Å². The molecule has 0 saturated carbocycles. The maximum Gasteiger partial charge on any atom is 0.255 e. The molecular weight excluding hydrogens is 299 g/mol. The van der Waals surface area contributed by atoms with E-state index in [-0.39, 0.29) is 28.2 Å². The fourth-order valence-corrected chi connectivity index (χ4v) is 1.97. The van der Waals surface area contributed by atoms with Gasteiger partial charge >= 0.3 is 0 Å². The molecule has 0 aliphatic heterocycles. The van der Waals surface area contributed by atoms with Crippen molar-refractivity contribution in [3.8, 4) is 0 Å².